The Hall–Kier alpha value is -2.83. The van der Waals surface area contributed by atoms with Crippen molar-refractivity contribution in [3.8, 4) is 6.07 Å². The Morgan fingerprint density at radius 3 is 2.77 bits per heavy atom. The van der Waals surface area contributed by atoms with Gasteiger partial charge in [-0.2, -0.15) is 18.4 Å². The Morgan fingerprint density at radius 1 is 1.64 bits per heavy atom. The lowest BCUT2D eigenvalue weighted by Gasteiger charge is -2.20. The minimum Gasteiger partial charge on any atom is -0.380 e. The summed E-state index contributed by atoms with van der Waals surface area (Å²) < 4.78 is 38.2. The summed E-state index contributed by atoms with van der Waals surface area (Å²) in [6.45, 7) is 0.421. The van der Waals surface area contributed by atoms with Crippen molar-refractivity contribution in [2.45, 2.75) is 18.7 Å². The number of nitrogens with one attached hydrogen (secondary N) is 1. The first-order valence-corrected chi connectivity index (χ1v) is 5.64. The van der Waals surface area contributed by atoms with Crippen LogP contribution in [0.1, 0.15) is 18.2 Å². The number of aromatic nitrogens is 1. The zero-order chi connectivity index (χ0) is 17.0. The highest BCUT2D eigenvalue weighted by molar-refractivity contribution is 5.97. The van der Waals surface area contributed by atoms with Gasteiger partial charge in [0.2, 0.25) is 0 Å². The molecule has 0 aliphatic rings. The molecule has 0 unspecified atom stereocenters. The van der Waals surface area contributed by atoms with Crippen molar-refractivity contribution in [3.63, 3.8) is 0 Å². The van der Waals surface area contributed by atoms with Crippen molar-refractivity contribution in [1.29, 1.82) is 5.26 Å². The summed E-state index contributed by atoms with van der Waals surface area (Å²) in [4.78, 5) is 17.4. The molecule has 0 saturated carbocycles. The third-order valence-electron chi connectivity index (χ3n) is 2.49. The van der Waals surface area contributed by atoms with Gasteiger partial charge in [0.05, 0.1) is 24.0 Å². The number of nitriles is 1. The molecule has 0 aliphatic heterocycles. The molecule has 1 amide bonds. The monoisotopic (exact) mass is 314 g/mol. The van der Waals surface area contributed by atoms with Crippen LogP contribution in [-0.4, -0.2) is 28.1 Å². The first kappa shape index (κ1) is 17.2. The van der Waals surface area contributed by atoms with E-state index >= 15 is 0 Å². The Kier molecular flexibility index (Phi) is 4.93. The molecule has 0 radical (unpaired) electrons. The zero-order valence-corrected chi connectivity index (χ0v) is 11.1. The van der Waals surface area contributed by atoms with Crippen LogP contribution in [0.3, 0.4) is 0 Å². The molecule has 8 nitrogen and oxygen atoms in total. The van der Waals surface area contributed by atoms with Crippen LogP contribution in [0.15, 0.2) is 17.4 Å². The van der Waals surface area contributed by atoms with E-state index in [0.29, 0.717) is 6.07 Å². The first-order chi connectivity index (χ1) is 10.1. The van der Waals surface area contributed by atoms with E-state index in [2.05, 4.69) is 15.0 Å². The van der Waals surface area contributed by atoms with E-state index in [1.807, 2.05) is 5.32 Å². The Labute approximate surface area is 121 Å². The molecule has 0 aromatic carbocycles. The van der Waals surface area contributed by atoms with E-state index in [-0.39, 0.29) is 5.69 Å². The summed E-state index contributed by atoms with van der Waals surface area (Å²) in [6, 6.07) is 1.81. The maximum atomic E-state index is 12.7. The predicted molar refractivity (Wildman–Crippen MR) is 67.2 cm³/mol. The van der Waals surface area contributed by atoms with Crippen molar-refractivity contribution in [3.05, 3.63) is 34.0 Å². The van der Waals surface area contributed by atoms with E-state index in [4.69, 9.17) is 10.8 Å². The molecule has 1 atom stereocenters. The number of aliphatic hydroxyl groups is 1. The molecule has 0 saturated heterocycles. The number of nitrogens with zero attached hydrogens (tertiary/aromatic N) is 5. The van der Waals surface area contributed by atoms with Crippen molar-refractivity contribution in [1.82, 2.24) is 4.98 Å². The minimum atomic E-state index is -4.83. The average Bonchev–Trinajstić information content (AvgIpc) is 2.44. The molecule has 116 valence electrons. The highest BCUT2D eigenvalue weighted by atomic mass is 19.4. The normalized spacial score (nSPS) is 13.5. The van der Waals surface area contributed by atoms with E-state index in [1.54, 1.807) is 0 Å². The summed E-state index contributed by atoms with van der Waals surface area (Å²) >= 11 is 0. The number of rotatable bonds is 4. The molecule has 1 aromatic heterocycles. The molecule has 1 rings (SSSR count). The summed E-state index contributed by atoms with van der Waals surface area (Å²) in [5.74, 6) is -1.08. The zero-order valence-electron chi connectivity index (χ0n) is 11.1. The van der Waals surface area contributed by atoms with E-state index in [0.717, 1.165) is 13.1 Å². The van der Waals surface area contributed by atoms with Crippen molar-refractivity contribution in [2.75, 3.05) is 11.9 Å². The van der Waals surface area contributed by atoms with Crippen LogP contribution in [0.5, 0.6) is 0 Å². The molecule has 0 spiro atoms. The molecular weight excluding hydrogens is 305 g/mol. The number of hydrogen-bond acceptors (Lipinski definition) is 5. The largest absolute Gasteiger partial charge is 0.419 e. The molecule has 2 N–H and O–H groups in total. The molecule has 11 heteroatoms. The molecule has 0 fully saturated rings. The number of anilines is 1. The summed E-state index contributed by atoms with van der Waals surface area (Å²) in [5.41, 5.74) is 3.50. The van der Waals surface area contributed by atoms with Crippen molar-refractivity contribution >= 4 is 11.6 Å². The number of pyridine rings is 1. The van der Waals surface area contributed by atoms with Crippen molar-refractivity contribution < 1.29 is 23.1 Å². The minimum absolute atomic E-state index is 0.363. The number of carbonyl (C=O) groups is 1. The van der Waals surface area contributed by atoms with Gasteiger partial charge in [-0.15, -0.1) is 0 Å². The highest BCUT2D eigenvalue weighted by Gasteiger charge is 2.35. The second kappa shape index (κ2) is 6.30. The number of alkyl halides is 3. The Morgan fingerprint density at radius 2 is 2.27 bits per heavy atom. The lowest BCUT2D eigenvalue weighted by atomic mass is 10.1. The van der Waals surface area contributed by atoms with Crippen LogP contribution in [0, 0.1) is 11.3 Å². The first-order valence-electron chi connectivity index (χ1n) is 5.64. The molecule has 1 aromatic rings. The third kappa shape index (κ3) is 4.08. The van der Waals surface area contributed by atoms with Gasteiger partial charge in [-0.1, -0.05) is 5.11 Å². The molecule has 0 bridgehead atoms. The second-order valence-electron chi connectivity index (χ2n) is 4.35. The quantitative estimate of drug-likeness (QED) is 0.499. The SMILES string of the molecule is C[C@](O)(CN=[N+]=[N-])C(=O)Nc1cnc(C#N)c(C(F)(F)F)c1. The van der Waals surface area contributed by atoms with Gasteiger partial charge in [-0.25, -0.2) is 4.98 Å². The van der Waals surface area contributed by atoms with Crippen LogP contribution in [0.2, 0.25) is 0 Å². The van der Waals surface area contributed by atoms with E-state index < -0.39 is 35.5 Å². The highest BCUT2D eigenvalue weighted by Crippen LogP contribution is 2.32. The number of hydrogen-bond donors (Lipinski definition) is 2. The van der Waals surface area contributed by atoms with Crippen LogP contribution in [-0.2, 0) is 11.0 Å². The second-order valence-corrected chi connectivity index (χ2v) is 4.35. The van der Waals surface area contributed by atoms with Gasteiger partial charge in [0.15, 0.2) is 5.69 Å². The standard InChI is InChI=1S/C11H9F3N6O2/c1-10(22,5-18-20-16)9(21)19-6-2-7(11(12,13)14)8(3-15)17-4-6/h2,4,22H,5H2,1H3,(H,19,21)/t10-/m0/s1. The summed E-state index contributed by atoms with van der Waals surface area (Å²) in [7, 11) is 0. The van der Waals surface area contributed by atoms with Gasteiger partial charge < -0.3 is 10.4 Å². The van der Waals surface area contributed by atoms with Gasteiger partial charge in [0.1, 0.15) is 11.7 Å². The molecule has 0 aliphatic carbocycles. The van der Waals surface area contributed by atoms with Gasteiger partial charge in [-0.3, -0.25) is 4.79 Å². The smallest absolute Gasteiger partial charge is 0.380 e. The lowest BCUT2D eigenvalue weighted by molar-refractivity contribution is -0.138. The van der Waals surface area contributed by atoms with Gasteiger partial charge in [0, 0.05) is 4.91 Å². The van der Waals surface area contributed by atoms with E-state index in [9.17, 15) is 23.1 Å². The fraction of sp³-hybridized carbons (Fsp3) is 0.364. The van der Waals surface area contributed by atoms with Crippen LogP contribution in [0.4, 0.5) is 18.9 Å². The fourth-order valence-electron chi connectivity index (χ4n) is 1.35. The van der Waals surface area contributed by atoms with E-state index in [1.165, 1.54) is 6.07 Å². The summed E-state index contributed by atoms with van der Waals surface area (Å²) in [5, 5.41) is 23.4. The van der Waals surface area contributed by atoms with Crippen molar-refractivity contribution in [2.24, 2.45) is 5.11 Å². The van der Waals surface area contributed by atoms with Crippen LogP contribution >= 0.6 is 0 Å². The topological polar surface area (TPSA) is 135 Å². The number of amides is 1. The lowest BCUT2D eigenvalue weighted by Crippen LogP contribution is -2.42. The van der Waals surface area contributed by atoms with Gasteiger partial charge in [0.25, 0.3) is 5.91 Å². The molecular formula is C11H9F3N6O2. The predicted octanol–water partition coefficient (Wildman–Crippen LogP) is 1.97. The van der Waals surface area contributed by atoms with Crippen LogP contribution in [0.25, 0.3) is 10.4 Å². The van der Waals surface area contributed by atoms with Gasteiger partial charge in [-0.05, 0) is 18.5 Å². The molecule has 1 heterocycles. The number of carbonyl (C=O) groups excluding carboxylic acids is 1. The maximum Gasteiger partial charge on any atom is 0.419 e. The average molecular weight is 314 g/mol. The van der Waals surface area contributed by atoms with Crippen LogP contribution < -0.4 is 5.32 Å². The maximum absolute atomic E-state index is 12.7. The summed E-state index contributed by atoms with van der Waals surface area (Å²) in [6.07, 6.45) is -3.98. The fourth-order valence-corrected chi connectivity index (χ4v) is 1.35. The molecule has 22 heavy (non-hydrogen) atoms. The Balaban J connectivity index is 3.08. The van der Waals surface area contributed by atoms with Gasteiger partial charge >= 0.3 is 6.18 Å². The number of azide groups is 1. The Bertz CT molecular complexity index is 673. The number of halogens is 3. The third-order valence-corrected chi connectivity index (χ3v) is 2.49.